The van der Waals surface area contributed by atoms with E-state index < -0.39 is 0 Å². The first-order valence-electron chi connectivity index (χ1n) is 8.04. The molecule has 0 unspecified atom stereocenters. The van der Waals surface area contributed by atoms with Gasteiger partial charge in [0.05, 0.1) is 11.6 Å². The van der Waals surface area contributed by atoms with Crippen molar-refractivity contribution in [2.24, 2.45) is 0 Å². The van der Waals surface area contributed by atoms with Gasteiger partial charge in [0.15, 0.2) is 0 Å². The van der Waals surface area contributed by atoms with Crippen molar-refractivity contribution < 1.29 is 4.79 Å². The first kappa shape index (κ1) is 17.2. The molecule has 0 spiro atoms. The van der Waals surface area contributed by atoms with Crippen molar-refractivity contribution in [1.82, 2.24) is 15.1 Å². The number of thioether (sulfide) groups is 1. The highest BCUT2D eigenvalue weighted by Crippen LogP contribution is 2.17. The number of nitrogens with one attached hydrogen (secondary N) is 1. The fourth-order valence-electron chi connectivity index (χ4n) is 2.43. The number of aryl methyl sites for hydroxylation is 1. The summed E-state index contributed by atoms with van der Waals surface area (Å²) < 4.78 is 1.20. The zero-order valence-electron chi connectivity index (χ0n) is 13.9. The van der Waals surface area contributed by atoms with Crippen LogP contribution in [0.3, 0.4) is 0 Å². The van der Waals surface area contributed by atoms with E-state index in [0.717, 1.165) is 11.1 Å². The molecule has 0 aliphatic carbocycles. The van der Waals surface area contributed by atoms with E-state index in [9.17, 15) is 9.59 Å². The Morgan fingerprint density at radius 1 is 1.16 bits per heavy atom. The van der Waals surface area contributed by atoms with Crippen molar-refractivity contribution >= 4 is 28.4 Å². The second kappa shape index (κ2) is 7.98. The fourth-order valence-corrected chi connectivity index (χ4v) is 3.19. The molecule has 1 aromatic heterocycles. The number of nitrogens with zero attached hydrogens (tertiary/aromatic N) is 2. The standard InChI is InChI=1S/C19H19N3O2S/c1-14-6-8-16(9-7-14)25-11-10-20-18(23)13-22-19(24)17-5-3-2-4-15(17)12-21-22/h2-9,12H,10-11,13H2,1H3,(H,20,23). The van der Waals surface area contributed by atoms with Gasteiger partial charge in [0.25, 0.3) is 5.56 Å². The van der Waals surface area contributed by atoms with E-state index in [4.69, 9.17) is 0 Å². The average molecular weight is 353 g/mol. The molecule has 0 saturated heterocycles. The minimum atomic E-state index is -0.248. The van der Waals surface area contributed by atoms with E-state index in [-0.39, 0.29) is 18.0 Å². The van der Waals surface area contributed by atoms with Crippen molar-refractivity contribution in [3.63, 3.8) is 0 Å². The number of benzene rings is 2. The quantitative estimate of drug-likeness (QED) is 0.546. The van der Waals surface area contributed by atoms with Crippen LogP contribution in [0.5, 0.6) is 0 Å². The molecule has 3 aromatic rings. The Morgan fingerprint density at radius 2 is 1.92 bits per heavy atom. The van der Waals surface area contributed by atoms with Crippen molar-refractivity contribution in [1.29, 1.82) is 0 Å². The summed E-state index contributed by atoms with van der Waals surface area (Å²) in [4.78, 5) is 25.5. The largest absolute Gasteiger partial charge is 0.354 e. The number of hydrogen-bond donors (Lipinski definition) is 1. The van der Waals surface area contributed by atoms with Gasteiger partial charge in [-0.25, -0.2) is 4.68 Å². The highest BCUT2D eigenvalue weighted by atomic mass is 32.2. The zero-order valence-corrected chi connectivity index (χ0v) is 14.8. The summed E-state index contributed by atoms with van der Waals surface area (Å²) in [6.07, 6.45) is 1.61. The summed E-state index contributed by atoms with van der Waals surface area (Å²) in [5.74, 6) is 0.559. The van der Waals surface area contributed by atoms with E-state index in [2.05, 4.69) is 41.6 Å². The minimum Gasteiger partial charge on any atom is -0.354 e. The van der Waals surface area contributed by atoms with Gasteiger partial charge in [0, 0.05) is 22.6 Å². The average Bonchev–Trinajstić information content (AvgIpc) is 2.63. The van der Waals surface area contributed by atoms with Crippen LogP contribution in [0, 0.1) is 6.92 Å². The lowest BCUT2D eigenvalue weighted by Crippen LogP contribution is -2.34. The maximum Gasteiger partial charge on any atom is 0.275 e. The SMILES string of the molecule is Cc1ccc(SCCNC(=O)Cn2ncc3ccccc3c2=O)cc1. The number of aromatic nitrogens is 2. The van der Waals surface area contributed by atoms with Crippen LogP contribution in [0.2, 0.25) is 0 Å². The van der Waals surface area contributed by atoms with E-state index in [1.165, 1.54) is 15.1 Å². The Labute approximate surface area is 150 Å². The number of fused-ring (bicyclic) bond motifs is 1. The molecule has 0 aliphatic rings. The van der Waals surface area contributed by atoms with Crippen LogP contribution in [-0.2, 0) is 11.3 Å². The first-order valence-corrected chi connectivity index (χ1v) is 9.03. The summed E-state index contributed by atoms with van der Waals surface area (Å²) in [6.45, 7) is 2.52. The third-order valence-electron chi connectivity index (χ3n) is 3.77. The molecule has 0 fully saturated rings. The number of hydrogen-bond acceptors (Lipinski definition) is 4. The van der Waals surface area contributed by atoms with Crippen molar-refractivity contribution in [2.45, 2.75) is 18.4 Å². The van der Waals surface area contributed by atoms with Crippen LogP contribution in [0.15, 0.2) is 64.4 Å². The molecule has 128 valence electrons. The van der Waals surface area contributed by atoms with Gasteiger partial charge >= 0.3 is 0 Å². The van der Waals surface area contributed by atoms with Gasteiger partial charge in [0.1, 0.15) is 6.54 Å². The molecule has 0 saturated carbocycles. The molecule has 2 aromatic carbocycles. The van der Waals surface area contributed by atoms with Gasteiger partial charge in [-0.05, 0) is 25.1 Å². The molecule has 0 atom stereocenters. The van der Waals surface area contributed by atoms with E-state index >= 15 is 0 Å². The normalized spacial score (nSPS) is 10.8. The number of carbonyl (C=O) groups is 1. The highest BCUT2D eigenvalue weighted by Gasteiger charge is 2.08. The lowest BCUT2D eigenvalue weighted by atomic mass is 10.2. The van der Waals surface area contributed by atoms with Gasteiger partial charge in [-0.1, -0.05) is 35.9 Å². The monoisotopic (exact) mass is 353 g/mol. The van der Waals surface area contributed by atoms with Crippen LogP contribution >= 0.6 is 11.8 Å². The maximum atomic E-state index is 12.3. The molecular weight excluding hydrogens is 334 g/mol. The summed E-state index contributed by atoms with van der Waals surface area (Å²) in [5.41, 5.74) is 0.980. The Balaban J connectivity index is 1.52. The van der Waals surface area contributed by atoms with Crippen LogP contribution in [-0.4, -0.2) is 28.0 Å². The minimum absolute atomic E-state index is 0.0706. The van der Waals surface area contributed by atoms with E-state index in [0.29, 0.717) is 11.9 Å². The predicted molar refractivity (Wildman–Crippen MR) is 101 cm³/mol. The Hall–Kier alpha value is -2.60. The van der Waals surface area contributed by atoms with Crippen molar-refractivity contribution in [3.05, 3.63) is 70.6 Å². The van der Waals surface area contributed by atoms with Crippen LogP contribution in [0.25, 0.3) is 10.8 Å². The van der Waals surface area contributed by atoms with Gasteiger partial charge in [-0.15, -0.1) is 11.8 Å². The molecule has 1 amide bonds. The molecule has 3 rings (SSSR count). The molecule has 25 heavy (non-hydrogen) atoms. The first-order chi connectivity index (χ1) is 12.1. The van der Waals surface area contributed by atoms with Crippen LogP contribution < -0.4 is 10.9 Å². The lowest BCUT2D eigenvalue weighted by molar-refractivity contribution is -0.121. The van der Waals surface area contributed by atoms with Crippen LogP contribution in [0.1, 0.15) is 5.56 Å². The second-order valence-electron chi connectivity index (χ2n) is 5.71. The van der Waals surface area contributed by atoms with E-state index in [1.54, 1.807) is 30.1 Å². The summed E-state index contributed by atoms with van der Waals surface area (Å²) in [5, 5.41) is 8.24. The zero-order chi connectivity index (χ0) is 17.6. The maximum absolute atomic E-state index is 12.3. The molecule has 6 heteroatoms. The Morgan fingerprint density at radius 3 is 2.72 bits per heavy atom. The third kappa shape index (κ3) is 4.48. The fraction of sp³-hybridized carbons (Fsp3) is 0.211. The van der Waals surface area contributed by atoms with Gasteiger partial charge in [-0.2, -0.15) is 5.10 Å². The van der Waals surface area contributed by atoms with Gasteiger partial charge in [-0.3, -0.25) is 9.59 Å². The van der Waals surface area contributed by atoms with E-state index in [1.807, 2.05) is 12.1 Å². The van der Waals surface area contributed by atoms with Crippen molar-refractivity contribution in [3.8, 4) is 0 Å². The third-order valence-corrected chi connectivity index (χ3v) is 4.78. The smallest absolute Gasteiger partial charge is 0.275 e. The molecular formula is C19H19N3O2S. The summed E-state index contributed by atoms with van der Waals surface area (Å²) in [6, 6.07) is 15.5. The lowest BCUT2D eigenvalue weighted by Gasteiger charge is -2.07. The second-order valence-corrected chi connectivity index (χ2v) is 6.87. The molecule has 0 radical (unpaired) electrons. The number of carbonyl (C=O) groups excluding carboxylic acids is 1. The van der Waals surface area contributed by atoms with Gasteiger partial charge < -0.3 is 5.32 Å². The Kier molecular flexibility index (Phi) is 5.50. The molecule has 5 nitrogen and oxygen atoms in total. The summed E-state index contributed by atoms with van der Waals surface area (Å²) in [7, 11) is 0. The molecule has 1 heterocycles. The van der Waals surface area contributed by atoms with Crippen molar-refractivity contribution in [2.75, 3.05) is 12.3 Å². The molecule has 1 N–H and O–H groups in total. The number of amides is 1. The molecule has 0 aliphatic heterocycles. The predicted octanol–water partition coefficient (Wildman–Crippen LogP) is 2.61. The summed E-state index contributed by atoms with van der Waals surface area (Å²) >= 11 is 1.68. The Bertz CT molecular complexity index is 935. The molecule has 0 bridgehead atoms. The topological polar surface area (TPSA) is 64.0 Å². The van der Waals surface area contributed by atoms with Gasteiger partial charge in [0.2, 0.25) is 5.91 Å². The highest BCUT2D eigenvalue weighted by molar-refractivity contribution is 7.99. The number of rotatable bonds is 6. The van der Waals surface area contributed by atoms with Crippen LogP contribution in [0.4, 0.5) is 0 Å².